The molecule has 0 unspecified atom stereocenters. The number of nitro groups is 1. The molecule has 1 amide bonds. The Morgan fingerprint density at radius 1 is 1.29 bits per heavy atom. The lowest BCUT2D eigenvalue weighted by Gasteiger charge is -2.33. The number of likely N-dealkylation sites (tertiary alicyclic amines) is 1. The monoisotopic (exact) mass is 391 g/mol. The Kier molecular flexibility index (Phi) is 6.85. The number of hydrogen-bond acceptors (Lipinski definition) is 6. The third-order valence-electron chi connectivity index (χ3n) is 5.53. The highest BCUT2D eigenvalue weighted by molar-refractivity contribution is 5.96. The normalized spacial score (nSPS) is 22.9. The second kappa shape index (κ2) is 9.34. The first kappa shape index (κ1) is 20.5. The van der Waals surface area contributed by atoms with Crippen LogP contribution in [0.4, 0.5) is 11.4 Å². The number of piperidine rings is 2. The van der Waals surface area contributed by atoms with Gasteiger partial charge >= 0.3 is 0 Å². The van der Waals surface area contributed by atoms with E-state index in [2.05, 4.69) is 11.8 Å². The molecule has 1 aromatic rings. The lowest BCUT2D eigenvalue weighted by atomic mass is 9.99. The summed E-state index contributed by atoms with van der Waals surface area (Å²) in [5.41, 5.74) is 0.921. The van der Waals surface area contributed by atoms with E-state index in [-0.39, 0.29) is 30.9 Å². The highest BCUT2D eigenvalue weighted by Gasteiger charge is 2.28. The summed E-state index contributed by atoms with van der Waals surface area (Å²) in [6.07, 6.45) is 3.70. The summed E-state index contributed by atoms with van der Waals surface area (Å²) in [5.74, 6) is 0.290. The van der Waals surface area contributed by atoms with Crippen molar-refractivity contribution < 1.29 is 19.6 Å². The molecule has 0 aliphatic carbocycles. The number of nitrogens with zero attached hydrogens (tertiary/aromatic N) is 3. The minimum absolute atomic E-state index is 0.00922. The first-order valence-corrected chi connectivity index (χ1v) is 10.0. The van der Waals surface area contributed by atoms with Gasteiger partial charge in [-0.15, -0.1) is 0 Å². The van der Waals surface area contributed by atoms with Gasteiger partial charge in [-0.1, -0.05) is 6.92 Å². The number of ether oxygens (including phenoxy) is 1. The fourth-order valence-corrected chi connectivity index (χ4v) is 4.14. The van der Waals surface area contributed by atoms with Crippen LogP contribution in [0.2, 0.25) is 0 Å². The van der Waals surface area contributed by atoms with E-state index in [0.717, 1.165) is 38.8 Å². The molecule has 3 rings (SSSR count). The van der Waals surface area contributed by atoms with Gasteiger partial charge in [-0.3, -0.25) is 14.9 Å². The predicted octanol–water partition coefficient (Wildman–Crippen LogP) is 2.44. The maximum atomic E-state index is 12.9. The molecule has 0 spiro atoms. The Morgan fingerprint density at radius 2 is 2.07 bits per heavy atom. The zero-order valence-corrected chi connectivity index (χ0v) is 16.4. The molecule has 1 N–H and O–H groups in total. The topological polar surface area (TPSA) is 96.2 Å². The van der Waals surface area contributed by atoms with Crippen LogP contribution >= 0.6 is 0 Å². The van der Waals surface area contributed by atoms with Crippen molar-refractivity contribution in [3.63, 3.8) is 0 Å². The number of amides is 1. The van der Waals surface area contributed by atoms with Gasteiger partial charge in [0.15, 0.2) is 0 Å². The van der Waals surface area contributed by atoms with E-state index in [0.29, 0.717) is 30.3 Å². The molecule has 0 bridgehead atoms. The molecule has 2 heterocycles. The SMILES string of the molecule is C[C@@H]1CCCN(c2ccc(C(=O)N3CCC[C@@H](OCCO)C3)cc2[N+](=O)[O-])C1. The van der Waals surface area contributed by atoms with Crippen LogP contribution in [-0.2, 0) is 4.74 Å². The molecular formula is C20H29N3O5. The number of hydrogen-bond donors (Lipinski definition) is 1. The Bertz CT molecular complexity index is 711. The van der Waals surface area contributed by atoms with Gasteiger partial charge in [0, 0.05) is 37.8 Å². The molecule has 2 aliphatic rings. The Morgan fingerprint density at radius 3 is 2.79 bits per heavy atom. The summed E-state index contributed by atoms with van der Waals surface area (Å²) in [7, 11) is 0. The van der Waals surface area contributed by atoms with E-state index in [1.807, 2.05) is 0 Å². The van der Waals surface area contributed by atoms with E-state index in [9.17, 15) is 14.9 Å². The van der Waals surface area contributed by atoms with Crippen molar-refractivity contribution in [1.82, 2.24) is 4.90 Å². The number of carbonyl (C=O) groups is 1. The number of benzene rings is 1. The van der Waals surface area contributed by atoms with E-state index < -0.39 is 4.92 Å². The van der Waals surface area contributed by atoms with Gasteiger partial charge in [0.1, 0.15) is 5.69 Å². The van der Waals surface area contributed by atoms with Crippen LogP contribution in [0.1, 0.15) is 43.0 Å². The molecule has 1 aromatic carbocycles. The molecule has 8 heteroatoms. The fourth-order valence-electron chi connectivity index (χ4n) is 4.14. The number of nitro benzene ring substituents is 1. The van der Waals surface area contributed by atoms with Crippen LogP contribution in [0.25, 0.3) is 0 Å². The van der Waals surface area contributed by atoms with Crippen molar-refractivity contribution in [2.45, 2.75) is 38.7 Å². The molecule has 154 valence electrons. The Balaban J connectivity index is 1.77. The summed E-state index contributed by atoms with van der Waals surface area (Å²) >= 11 is 0. The zero-order valence-electron chi connectivity index (χ0n) is 16.4. The molecule has 0 saturated carbocycles. The average molecular weight is 391 g/mol. The lowest BCUT2D eigenvalue weighted by Crippen LogP contribution is -2.43. The molecule has 8 nitrogen and oxygen atoms in total. The standard InChI is InChI=1S/C20H29N3O5/c1-15-4-2-8-21(13-15)18-7-6-16(12-19(18)23(26)27)20(25)22-9-3-5-17(14-22)28-11-10-24/h6-7,12,15,17,24H,2-5,8-11,13-14H2,1H3/t15-,17-/m1/s1. The van der Waals surface area contributed by atoms with Crippen molar-refractivity contribution in [1.29, 1.82) is 0 Å². The highest BCUT2D eigenvalue weighted by Crippen LogP contribution is 2.33. The molecule has 2 aliphatic heterocycles. The first-order valence-electron chi connectivity index (χ1n) is 10.0. The van der Waals surface area contributed by atoms with Crippen molar-refractivity contribution in [2.24, 2.45) is 5.92 Å². The molecule has 0 aromatic heterocycles. The van der Waals surface area contributed by atoms with E-state index in [1.165, 1.54) is 6.07 Å². The van der Waals surface area contributed by atoms with Crippen LogP contribution < -0.4 is 4.90 Å². The van der Waals surface area contributed by atoms with Crippen molar-refractivity contribution in [3.05, 3.63) is 33.9 Å². The lowest BCUT2D eigenvalue weighted by molar-refractivity contribution is -0.384. The van der Waals surface area contributed by atoms with Crippen molar-refractivity contribution in [2.75, 3.05) is 44.3 Å². The van der Waals surface area contributed by atoms with Crippen LogP contribution in [0.5, 0.6) is 0 Å². The third-order valence-corrected chi connectivity index (χ3v) is 5.53. The zero-order chi connectivity index (χ0) is 20.1. The molecule has 28 heavy (non-hydrogen) atoms. The Hall–Kier alpha value is -2.19. The first-order chi connectivity index (χ1) is 13.5. The van der Waals surface area contributed by atoms with Crippen LogP contribution in [0, 0.1) is 16.0 Å². The van der Waals surface area contributed by atoms with Gasteiger partial charge < -0.3 is 19.6 Å². The number of anilines is 1. The third kappa shape index (κ3) is 4.80. The maximum Gasteiger partial charge on any atom is 0.293 e. The summed E-state index contributed by atoms with van der Waals surface area (Å²) in [6.45, 7) is 5.00. The van der Waals surface area contributed by atoms with Gasteiger partial charge in [-0.05, 0) is 43.7 Å². The molecule has 2 saturated heterocycles. The summed E-state index contributed by atoms with van der Waals surface area (Å²) in [5, 5.41) is 20.6. The summed E-state index contributed by atoms with van der Waals surface area (Å²) in [4.78, 5) is 27.9. The molecule has 0 radical (unpaired) electrons. The predicted molar refractivity (Wildman–Crippen MR) is 106 cm³/mol. The Labute approximate surface area is 165 Å². The number of aliphatic hydroxyl groups is 1. The van der Waals surface area contributed by atoms with Gasteiger partial charge in [0.25, 0.3) is 11.6 Å². The van der Waals surface area contributed by atoms with E-state index >= 15 is 0 Å². The number of rotatable bonds is 6. The number of aliphatic hydroxyl groups excluding tert-OH is 1. The van der Waals surface area contributed by atoms with E-state index in [1.54, 1.807) is 17.0 Å². The van der Waals surface area contributed by atoms with E-state index in [4.69, 9.17) is 9.84 Å². The second-order valence-electron chi connectivity index (χ2n) is 7.76. The minimum Gasteiger partial charge on any atom is -0.394 e. The minimum atomic E-state index is -0.394. The average Bonchev–Trinajstić information content (AvgIpc) is 2.71. The van der Waals surface area contributed by atoms with Crippen LogP contribution in [-0.4, -0.2) is 66.3 Å². The smallest absolute Gasteiger partial charge is 0.293 e. The van der Waals surface area contributed by atoms with Gasteiger partial charge in [0.2, 0.25) is 0 Å². The van der Waals surface area contributed by atoms with Gasteiger partial charge in [-0.2, -0.15) is 0 Å². The quantitative estimate of drug-likeness (QED) is 0.591. The molecule has 2 atom stereocenters. The van der Waals surface area contributed by atoms with Gasteiger partial charge in [0.05, 0.1) is 24.2 Å². The molecular weight excluding hydrogens is 362 g/mol. The highest BCUT2D eigenvalue weighted by atomic mass is 16.6. The largest absolute Gasteiger partial charge is 0.394 e. The van der Waals surface area contributed by atoms with Crippen molar-refractivity contribution in [3.8, 4) is 0 Å². The van der Waals surface area contributed by atoms with Crippen LogP contribution in [0.3, 0.4) is 0 Å². The maximum absolute atomic E-state index is 12.9. The summed E-state index contributed by atoms with van der Waals surface area (Å²) < 4.78 is 5.56. The molecule has 2 fully saturated rings. The number of carbonyl (C=O) groups excluding carboxylic acids is 1. The fraction of sp³-hybridized carbons (Fsp3) is 0.650. The second-order valence-corrected chi connectivity index (χ2v) is 7.76. The van der Waals surface area contributed by atoms with Gasteiger partial charge in [-0.25, -0.2) is 0 Å². The summed E-state index contributed by atoms with van der Waals surface area (Å²) in [6, 6.07) is 4.82. The van der Waals surface area contributed by atoms with Crippen molar-refractivity contribution >= 4 is 17.3 Å². The van der Waals surface area contributed by atoms with Crippen LogP contribution in [0.15, 0.2) is 18.2 Å².